The predicted octanol–water partition coefficient (Wildman–Crippen LogP) is 3.37. The molecule has 0 spiro atoms. The molecule has 1 rings (SSSR count). The van der Waals surface area contributed by atoms with Gasteiger partial charge in [0.25, 0.3) is 0 Å². The van der Waals surface area contributed by atoms with Crippen LogP contribution in [0.4, 0.5) is 0 Å². The van der Waals surface area contributed by atoms with Crippen molar-refractivity contribution in [1.82, 2.24) is 9.80 Å². The molecule has 1 aliphatic heterocycles. The van der Waals surface area contributed by atoms with Crippen LogP contribution in [0.1, 0.15) is 66.2 Å². The molecule has 1 fully saturated rings. The van der Waals surface area contributed by atoms with Crippen LogP contribution in [0, 0.1) is 5.41 Å². The predicted molar refractivity (Wildman–Crippen MR) is 91.7 cm³/mol. The van der Waals surface area contributed by atoms with Crippen molar-refractivity contribution in [2.45, 2.75) is 72.3 Å². The van der Waals surface area contributed by atoms with Crippen LogP contribution in [-0.4, -0.2) is 60.3 Å². The van der Waals surface area contributed by atoms with E-state index in [2.05, 4.69) is 37.5 Å². The minimum Gasteiger partial charge on any atom is -0.393 e. The average molecular weight is 299 g/mol. The van der Waals surface area contributed by atoms with Crippen molar-refractivity contribution < 1.29 is 5.11 Å². The Morgan fingerprint density at radius 1 is 0.905 bits per heavy atom. The number of hydrogen-bond donors (Lipinski definition) is 1. The van der Waals surface area contributed by atoms with Crippen molar-refractivity contribution in [3.8, 4) is 0 Å². The van der Waals surface area contributed by atoms with Crippen LogP contribution in [0.15, 0.2) is 0 Å². The lowest BCUT2D eigenvalue weighted by Crippen LogP contribution is -2.46. The molecule has 3 nitrogen and oxygen atoms in total. The Balaban J connectivity index is 1.96. The fraction of sp³-hybridized carbons (Fsp3) is 1.00. The third kappa shape index (κ3) is 9.49. The molecule has 1 aliphatic rings. The van der Waals surface area contributed by atoms with Crippen LogP contribution in [-0.2, 0) is 0 Å². The van der Waals surface area contributed by atoms with Gasteiger partial charge in [-0.2, -0.15) is 0 Å². The molecule has 3 heteroatoms. The Kier molecular flexibility index (Phi) is 8.84. The maximum absolute atomic E-state index is 10.0. The summed E-state index contributed by atoms with van der Waals surface area (Å²) in [4.78, 5) is 5.10. The summed E-state index contributed by atoms with van der Waals surface area (Å²) in [6, 6.07) is 0. The van der Waals surface area contributed by atoms with E-state index in [0.29, 0.717) is 5.41 Å². The van der Waals surface area contributed by atoms with E-state index in [-0.39, 0.29) is 6.10 Å². The SMILES string of the molecule is CCN1CCN(CCCC[C@H](O)CCCC(C)(C)C)CC1. The third-order valence-electron chi connectivity index (χ3n) is 4.64. The topological polar surface area (TPSA) is 26.7 Å². The standard InChI is InChI=1S/C18H38N2O/c1-5-19-13-15-20(16-14-19)12-7-6-9-17(21)10-8-11-18(2,3)4/h17,21H,5-16H2,1-4H3/t17-/m0/s1. The lowest BCUT2D eigenvalue weighted by molar-refractivity contribution is 0.125. The Bertz CT molecular complexity index is 254. The molecule has 0 bridgehead atoms. The molecule has 0 amide bonds. The van der Waals surface area contributed by atoms with E-state index in [0.717, 1.165) is 19.3 Å². The number of unbranched alkanes of at least 4 members (excludes halogenated alkanes) is 1. The number of aliphatic hydroxyl groups excluding tert-OH is 1. The van der Waals surface area contributed by atoms with Crippen molar-refractivity contribution in [2.75, 3.05) is 39.3 Å². The maximum Gasteiger partial charge on any atom is 0.0540 e. The van der Waals surface area contributed by atoms with Crippen molar-refractivity contribution in [3.05, 3.63) is 0 Å². The Morgan fingerprint density at radius 3 is 2.05 bits per heavy atom. The van der Waals surface area contributed by atoms with Gasteiger partial charge in [0.2, 0.25) is 0 Å². The van der Waals surface area contributed by atoms with Crippen molar-refractivity contribution in [3.63, 3.8) is 0 Å². The second-order valence-electron chi connectivity index (χ2n) is 7.88. The number of aliphatic hydroxyl groups is 1. The van der Waals surface area contributed by atoms with Gasteiger partial charge in [-0.3, -0.25) is 0 Å². The van der Waals surface area contributed by atoms with Gasteiger partial charge in [0.05, 0.1) is 6.10 Å². The van der Waals surface area contributed by atoms with Gasteiger partial charge in [0.15, 0.2) is 0 Å². The zero-order chi connectivity index (χ0) is 15.7. The van der Waals surface area contributed by atoms with Crippen molar-refractivity contribution in [1.29, 1.82) is 0 Å². The summed E-state index contributed by atoms with van der Waals surface area (Å²) in [5.41, 5.74) is 0.403. The molecular formula is C18H38N2O. The normalized spacial score (nSPS) is 19.9. The van der Waals surface area contributed by atoms with E-state index in [9.17, 15) is 5.11 Å². The second kappa shape index (κ2) is 9.81. The summed E-state index contributed by atoms with van der Waals surface area (Å²) in [5, 5.41) is 10.0. The van der Waals surface area contributed by atoms with Gasteiger partial charge in [0.1, 0.15) is 0 Å². The second-order valence-corrected chi connectivity index (χ2v) is 7.88. The monoisotopic (exact) mass is 298 g/mol. The quantitative estimate of drug-likeness (QED) is 0.661. The average Bonchev–Trinajstić information content (AvgIpc) is 2.43. The van der Waals surface area contributed by atoms with Gasteiger partial charge >= 0.3 is 0 Å². The molecule has 0 aromatic rings. The Hall–Kier alpha value is -0.120. The summed E-state index contributed by atoms with van der Waals surface area (Å²) in [5.74, 6) is 0. The van der Waals surface area contributed by atoms with Crippen LogP contribution >= 0.6 is 0 Å². The van der Waals surface area contributed by atoms with E-state index >= 15 is 0 Å². The zero-order valence-corrected chi connectivity index (χ0v) is 14.9. The first-order valence-corrected chi connectivity index (χ1v) is 9.03. The third-order valence-corrected chi connectivity index (χ3v) is 4.64. The van der Waals surface area contributed by atoms with Crippen LogP contribution < -0.4 is 0 Å². The largest absolute Gasteiger partial charge is 0.393 e. The number of hydrogen-bond acceptors (Lipinski definition) is 3. The van der Waals surface area contributed by atoms with E-state index in [4.69, 9.17) is 0 Å². The highest BCUT2D eigenvalue weighted by Crippen LogP contribution is 2.22. The number of likely N-dealkylation sites (N-methyl/N-ethyl adjacent to an activating group) is 1. The van der Waals surface area contributed by atoms with Crippen LogP contribution in [0.25, 0.3) is 0 Å². The molecule has 0 radical (unpaired) electrons. The van der Waals surface area contributed by atoms with E-state index in [1.54, 1.807) is 0 Å². The first kappa shape index (κ1) is 18.9. The van der Waals surface area contributed by atoms with Crippen LogP contribution in [0.2, 0.25) is 0 Å². The number of nitrogens with zero attached hydrogens (tertiary/aromatic N) is 2. The minimum atomic E-state index is -0.0794. The molecule has 0 aromatic carbocycles. The lowest BCUT2D eigenvalue weighted by atomic mass is 9.89. The lowest BCUT2D eigenvalue weighted by Gasteiger charge is -2.34. The van der Waals surface area contributed by atoms with Crippen molar-refractivity contribution in [2.24, 2.45) is 5.41 Å². The van der Waals surface area contributed by atoms with E-state index in [1.807, 2.05) is 0 Å². The number of piperazine rings is 1. The molecule has 1 N–H and O–H groups in total. The molecule has 1 heterocycles. The highest BCUT2D eigenvalue weighted by molar-refractivity contribution is 4.71. The van der Waals surface area contributed by atoms with Gasteiger partial charge in [-0.1, -0.05) is 34.1 Å². The van der Waals surface area contributed by atoms with Gasteiger partial charge in [-0.05, 0) is 50.6 Å². The van der Waals surface area contributed by atoms with Gasteiger partial charge < -0.3 is 14.9 Å². The smallest absolute Gasteiger partial charge is 0.0540 e. The summed E-state index contributed by atoms with van der Waals surface area (Å²) in [6.45, 7) is 16.4. The van der Waals surface area contributed by atoms with Crippen molar-refractivity contribution >= 4 is 0 Å². The van der Waals surface area contributed by atoms with E-state index in [1.165, 1.54) is 58.5 Å². The zero-order valence-electron chi connectivity index (χ0n) is 14.9. The Morgan fingerprint density at radius 2 is 1.48 bits per heavy atom. The molecule has 0 aromatic heterocycles. The molecule has 0 saturated carbocycles. The molecule has 0 aliphatic carbocycles. The van der Waals surface area contributed by atoms with Crippen LogP contribution in [0.5, 0.6) is 0 Å². The first-order chi connectivity index (χ1) is 9.90. The fourth-order valence-corrected chi connectivity index (χ4v) is 3.06. The van der Waals surface area contributed by atoms with Gasteiger partial charge in [-0.25, -0.2) is 0 Å². The highest BCUT2D eigenvalue weighted by atomic mass is 16.3. The minimum absolute atomic E-state index is 0.0794. The molecule has 21 heavy (non-hydrogen) atoms. The van der Waals surface area contributed by atoms with Gasteiger partial charge in [0, 0.05) is 26.2 Å². The molecule has 0 unspecified atom stereocenters. The molecule has 1 saturated heterocycles. The summed E-state index contributed by atoms with van der Waals surface area (Å²) in [6.07, 6.45) is 6.66. The molecular weight excluding hydrogens is 260 g/mol. The maximum atomic E-state index is 10.0. The summed E-state index contributed by atoms with van der Waals surface area (Å²) >= 11 is 0. The first-order valence-electron chi connectivity index (χ1n) is 9.03. The molecule has 1 atom stereocenters. The van der Waals surface area contributed by atoms with E-state index < -0.39 is 0 Å². The molecule has 126 valence electrons. The highest BCUT2D eigenvalue weighted by Gasteiger charge is 2.15. The fourth-order valence-electron chi connectivity index (χ4n) is 3.06. The van der Waals surface area contributed by atoms with Crippen LogP contribution in [0.3, 0.4) is 0 Å². The summed E-state index contributed by atoms with van der Waals surface area (Å²) < 4.78 is 0. The van der Waals surface area contributed by atoms with Gasteiger partial charge in [-0.15, -0.1) is 0 Å². The Labute approximate surface area is 132 Å². The summed E-state index contributed by atoms with van der Waals surface area (Å²) in [7, 11) is 0. The number of rotatable bonds is 9.